The molecule has 0 bridgehead atoms. The highest BCUT2D eigenvalue weighted by Gasteiger charge is 2.18. The maximum atomic E-state index is 11.5. The third kappa shape index (κ3) is 4.68. The monoisotopic (exact) mass is 333 g/mol. The number of primary amides is 1. The van der Waals surface area contributed by atoms with Gasteiger partial charge in [0.1, 0.15) is 6.04 Å². The van der Waals surface area contributed by atoms with Crippen LogP contribution in [0.4, 0.5) is 0 Å². The van der Waals surface area contributed by atoms with Crippen LogP contribution in [0.5, 0.6) is 0 Å². The van der Waals surface area contributed by atoms with E-state index in [0.717, 1.165) is 34.8 Å². The molecule has 0 saturated heterocycles. The molecule has 0 aliphatic heterocycles. The SMILES string of the molecule is CCN(CC)CCNC(C(N)=O)c1ccc(Br)s1. The Labute approximate surface area is 121 Å². The standard InChI is InChI=1S/C12H20BrN3OS/c1-3-16(4-2)8-7-15-11(12(14)17)9-5-6-10(13)18-9/h5-6,11,15H,3-4,7-8H2,1-2H3,(H2,14,17). The molecule has 1 heterocycles. The summed E-state index contributed by atoms with van der Waals surface area (Å²) in [7, 11) is 0. The second-order valence-corrected chi connectivity index (χ2v) is 6.45. The van der Waals surface area contributed by atoms with Crippen molar-refractivity contribution in [3.63, 3.8) is 0 Å². The van der Waals surface area contributed by atoms with Crippen molar-refractivity contribution in [3.8, 4) is 0 Å². The Hall–Kier alpha value is -0.430. The van der Waals surface area contributed by atoms with Crippen molar-refractivity contribution < 1.29 is 4.79 Å². The fraction of sp³-hybridized carbons (Fsp3) is 0.583. The molecule has 0 aliphatic rings. The van der Waals surface area contributed by atoms with Crippen LogP contribution in [0.25, 0.3) is 0 Å². The van der Waals surface area contributed by atoms with Gasteiger partial charge in [-0.1, -0.05) is 13.8 Å². The van der Waals surface area contributed by atoms with E-state index in [1.807, 2.05) is 12.1 Å². The number of nitrogens with one attached hydrogen (secondary N) is 1. The zero-order valence-electron chi connectivity index (χ0n) is 10.8. The molecule has 1 atom stereocenters. The van der Waals surface area contributed by atoms with Gasteiger partial charge in [-0.15, -0.1) is 11.3 Å². The first-order valence-electron chi connectivity index (χ1n) is 6.08. The Morgan fingerprint density at radius 1 is 1.50 bits per heavy atom. The van der Waals surface area contributed by atoms with Gasteiger partial charge in [-0.3, -0.25) is 4.79 Å². The van der Waals surface area contributed by atoms with Crippen molar-refractivity contribution in [2.24, 2.45) is 5.73 Å². The number of carbonyl (C=O) groups excluding carboxylic acids is 1. The molecule has 18 heavy (non-hydrogen) atoms. The predicted octanol–water partition coefficient (Wildman–Crippen LogP) is 1.97. The van der Waals surface area contributed by atoms with Gasteiger partial charge in [-0.25, -0.2) is 0 Å². The van der Waals surface area contributed by atoms with Crippen LogP contribution in [0, 0.1) is 0 Å². The number of hydrogen-bond donors (Lipinski definition) is 2. The number of rotatable bonds is 8. The van der Waals surface area contributed by atoms with Crippen LogP contribution in [-0.4, -0.2) is 37.0 Å². The van der Waals surface area contributed by atoms with E-state index in [4.69, 9.17) is 5.73 Å². The second-order valence-electron chi connectivity index (χ2n) is 3.96. The number of amides is 1. The summed E-state index contributed by atoms with van der Waals surface area (Å²) in [6.45, 7) is 7.97. The third-order valence-electron chi connectivity index (χ3n) is 2.83. The zero-order chi connectivity index (χ0) is 13.5. The van der Waals surface area contributed by atoms with Crippen LogP contribution in [0.15, 0.2) is 15.9 Å². The first-order chi connectivity index (χ1) is 8.58. The maximum Gasteiger partial charge on any atom is 0.239 e. The minimum absolute atomic E-state index is 0.330. The molecule has 0 aromatic carbocycles. The quantitative estimate of drug-likeness (QED) is 0.764. The molecule has 6 heteroatoms. The number of nitrogens with zero attached hydrogens (tertiary/aromatic N) is 1. The lowest BCUT2D eigenvalue weighted by molar-refractivity contribution is -0.120. The molecular weight excluding hydrogens is 314 g/mol. The minimum Gasteiger partial charge on any atom is -0.368 e. The molecule has 0 spiro atoms. The van der Waals surface area contributed by atoms with Gasteiger partial charge in [0.05, 0.1) is 3.79 Å². The molecule has 1 aromatic heterocycles. The van der Waals surface area contributed by atoms with E-state index in [1.54, 1.807) is 0 Å². The van der Waals surface area contributed by atoms with Gasteiger partial charge in [0.15, 0.2) is 0 Å². The van der Waals surface area contributed by atoms with Gasteiger partial charge in [0, 0.05) is 18.0 Å². The molecule has 1 aromatic rings. The lowest BCUT2D eigenvalue weighted by Gasteiger charge is -2.20. The molecule has 1 unspecified atom stereocenters. The van der Waals surface area contributed by atoms with Crippen molar-refractivity contribution in [2.75, 3.05) is 26.2 Å². The fourth-order valence-electron chi connectivity index (χ4n) is 1.73. The summed E-state index contributed by atoms with van der Waals surface area (Å²) in [5.41, 5.74) is 5.44. The summed E-state index contributed by atoms with van der Waals surface area (Å²) in [6.07, 6.45) is 0. The van der Waals surface area contributed by atoms with E-state index in [9.17, 15) is 4.79 Å². The number of thiophene rings is 1. The minimum atomic E-state index is -0.392. The van der Waals surface area contributed by atoms with Gasteiger partial charge >= 0.3 is 0 Å². The second kappa shape index (κ2) is 7.89. The Balaban J connectivity index is 2.52. The Kier molecular flexibility index (Phi) is 6.85. The molecule has 0 fully saturated rings. The number of likely N-dealkylation sites (N-methyl/N-ethyl adjacent to an activating group) is 1. The first-order valence-corrected chi connectivity index (χ1v) is 7.69. The zero-order valence-corrected chi connectivity index (χ0v) is 13.2. The van der Waals surface area contributed by atoms with Crippen LogP contribution >= 0.6 is 27.3 Å². The highest BCUT2D eigenvalue weighted by molar-refractivity contribution is 9.11. The summed E-state index contributed by atoms with van der Waals surface area (Å²) in [5.74, 6) is -0.330. The average molecular weight is 334 g/mol. The number of hydrogen-bond acceptors (Lipinski definition) is 4. The molecule has 0 radical (unpaired) electrons. The van der Waals surface area contributed by atoms with Crippen molar-refractivity contribution in [3.05, 3.63) is 20.8 Å². The average Bonchev–Trinajstić information content (AvgIpc) is 2.75. The maximum absolute atomic E-state index is 11.5. The van der Waals surface area contributed by atoms with Crippen LogP contribution in [-0.2, 0) is 4.79 Å². The smallest absolute Gasteiger partial charge is 0.239 e. The molecule has 102 valence electrons. The normalized spacial score (nSPS) is 12.9. The molecule has 4 nitrogen and oxygen atoms in total. The van der Waals surface area contributed by atoms with Gasteiger partial charge < -0.3 is 16.0 Å². The summed E-state index contributed by atoms with van der Waals surface area (Å²) in [6, 6.07) is 3.47. The lowest BCUT2D eigenvalue weighted by atomic mass is 10.2. The van der Waals surface area contributed by atoms with Crippen molar-refractivity contribution in [1.29, 1.82) is 0 Å². The van der Waals surface area contributed by atoms with E-state index in [-0.39, 0.29) is 5.91 Å². The topological polar surface area (TPSA) is 58.4 Å². The lowest BCUT2D eigenvalue weighted by Crippen LogP contribution is -2.38. The van der Waals surface area contributed by atoms with Crippen molar-refractivity contribution in [1.82, 2.24) is 10.2 Å². The van der Waals surface area contributed by atoms with E-state index >= 15 is 0 Å². The van der Waals surface area contributed by atoms with E-state index in [2.05, 4.69) is 40.0 Å². The number of halogens is 1. The van der Waals surface area contributed by atoms with Gasteiger partial charge in [0.25, 0.3) is 0 Å². The fourth-order valence-corrected chi connectivity index (χ4v) is 3.24. The molecule has 0 saturated carbocycles. The summed E-state index contributed by atoms with van der Waals surface area (Å²) in [5, 5.41) is 3.22. The van der Waals surface area contributed by atoms with E-state index in [1.165, 1.54) is 11.3 Å². The highest BCUT2D eigenvalue weighted by Crippen LogP contribution is 2.27. The van der Waals surface area contributed by atoms with Crippen molar-refractivity contribution >= 4 is 33.2 Å². The van der Waals surface area contributed by atoms with Gasteiger partial charge in [-0.2, -0.15) is 0 Å². The van der Waals surface area contributed by atoms with Gasteiger partial charge in [0.2, 0.25) is 5.91 Å². The Morgan fingerprint density at radius 3 is 2.61 bits per heavy atom. The summed E-state index contributed by atoms with van der Waals surface area (Å²) >= 11 is 4.93. The van der Waals surface area contributed by atoms with Crippen LogP contribution in [0.3, 0.4) is 0 Å². The molecule has 0 aliphatic carbocycles. The summed E-state index contributed by atoms with van der Waals surface area (Å²) in [4.78, 5) is 14.7. The van der Waals surface area contributed by atoms with E-state index < -0.39 is 6.04 Å². The van der Waals surface area contributed by atoms with Crippen LogP contribution < -0.4 is 11.1 Å². The first kappa shape index (κ1) is 15.6. The Morgan fingerprint density at radius 2 is 2.17 bits per heavy atom. The van der Waals surface area contributed by atoms with Crippen LogP contribution in [0.1, 0.15) is 24.8 Å². The molecular formula is C12H20BrN3OS. The number of carbonyl (C=O) groups is 1. The summed E-state index contributed by atoms with van der Waals surface area (Å²) < 4.78 is 1.01. The Bertz CT molecular complexity index is 379. The number of nitrogens with two attached hydrogens (primary N) is 1. The third-order valence-corrected chi connectivity index (χ3v) is 4.52. The highest BCUT2D eigenvalue weighted by atomic mass is 79.9. The molecule has 1 amide bonds. The van der Waals surface area contributed by atoms with Crippen molar-refractivity contribution in [2.45, 2.75) is 19.9 Å². The molecule has 1 rings (SSSR count). The van der Waals surface area contributed by atoms with Gasteiger partial charge in [-0.05, 0) is 41.2 Å². The van der Waals surface area contributed by atoms with E-state index in [0.29, 0.717) is 0 Å². The van der Waals surface area contributed by atoms with Crippen LogP contribution in [0.2, 0.25) is 0 Å². The largest absolute Gasteiger partial charge is 0.368 e. The molecule has 3 N–H and O–H groups in total. The predicted molar refractivity (Wildman–Crippen MR) is 79.7 cm³/mol.